The molecule has 1 aliphatic rings. The molecule has 1 rings (SSSR count). The molecule has 1 fully saturated rings. The quantitative estimate of drug-likeness (QED) is 0.611. The number of nitrogens with two attached hydrogens (primary N) is 1. The summed E-state index contributed by atoms with van der Waals surface area (Å²) < 4.78 is 0. The summed E-state index contributed by atoms with van der Waals surface area (Å²) in [5, 5.41) is 0. The van der Waals surface area contributed by atoms with Gasteiger partial charge >= 0.3 is 0 Å². The summed E-state index contributed by atoms with van der Waals surface area (Å²) in [6.07, 6.45) is 6.73. The first kappa shape index (κ1) is 10.3. The van der Waals surface area contributed by atoms with Crippen molar-refractivity contribution in [1.82, 2.24) is 0 Å². The van der Waals surface area contributed by atoms with Gasteiger partial charge in [-0.05, 0) is 30.8 Å². The van der Waals surface area contributed by atoms with Gasteiger partial charge in [-0.3, -0.25) is 0 Å². The van der Waals surface area contributed by atoms with Crippen molar-refractivity contribution in [3.63, 3.8) is 0 Å². The first-order valence-electron chi connectivity index (χ1n) is 5.11. The van der Waals surface area contributed by atoms with E-state index in [-0.39, 0.29) is 6.04 Å². The summed E-state index contributed by atoms with van der Waals surface area (Å²) in [4.78, 5) is 0. The molecule has 0 amide bonds. The van der Waals surface area contributed by atoms with Crippen LogP contribution in [0.3, 0.4) is 0 Å². The van der Waals surface area contributed by atoms with Crippen LogP contribution < -0.4 is 5.73 Å². The van der Waals surface area contributed by atoms with Crippen molar-refractivity contribution in [1.29, 1.82) is 0 Å². The lowest BCUT2D eigenvalue weighted by Gasteiger charge is -2.28. The molecule has 0 spiro atoms. The summed E-state index contributed by atoms with van der Waals surface area (Å²) in [5.41, 5.74) is 5.96. The average molecular weight is 177 g/mol. The van der Waals surface area contributed by atoms with Crippen LogP contribution in [0.15, 0.2) is 12.7 Å². The lowest BCUT2D eigenvalue weighted by molar-refractivity contribution is 0.276. The maximum atomic E-state index is 5.96. The summed E-state index contributed by atoms with van der Waals surface area (Å²) >= 11 is 0. The van der Waals surface area contributed by atoms with E-state index in [9.17, 15) is 0 Å². The van der Waals surface area contributed by atoms with E-state index in [1.54, 1.807) is 6.08 Å². The molecule has 0 saturated heterocycles. The van der Waals surface area contributed by atoms with Gasteiger partial charge < -0.3 is 5.73 Å². The Hall–Kier alpha value is -0.740. The summed E-state index contributed by atoms with van der Waals surface area (Å²) in [5.74, 6) is 7.37. The summed E-state index contributed by atoms with van der Waals surface area (Å²) in [6.45, 7) is 5.88. The normalized spacial score (nSPS) is 30.0. The zero-order chi connectivity index (χ0) is 9.68. The number of rotatable bonds is 1. The SMILES string of the molecule is C=CC#C[C@@H](N)[C@H]1CC[C@H](C)CC1. The van der Waals surface area contributed by atoms with Crippen LogP contribution >= 0.6 is 0 Å². The third kappa shape index (κ3) is 3.24. The van der Waals surface area contributed by atoms with Crippen LogP contribution in [0.4, 0.5) is 0 Å². The van der Waals surface area contributed by atoms with Crippen LogP contribution in [0.1, 0.15) is 32.6 Å². The molecule has 0 heterocycles. The van der Waals surface area contributed by atoms with E-state index in [1.807, 2.05) is 0 Å². The maximum Gasteiger partial charge on any atom is 0.0696 e. The van der Waals surface area contributed by atoms with Gasteiger partial charge in [-0.25, -0.2) is 0 Å². The lowest BCUT2D eigenvalue weighted by atomic mass is 9.80. The zero-order valence-corrected chi connectivity index (χ0v) is 8.42. The molecule has 0 unspecified atom stereocenters. The number of hydrogen-bond donors (Lipinski definition) is 1. The molecule has 0 aromatic rings. The molecule has 0 aromatic heterocycles. The highest BCUT2D eigenvalue weighted by Crippen LogP contribution is 2.29. The molecule has 1 saturated carbocycles. The van der Waals surface area contributed by atoms with E-state index in [1.165, 1.54) is 25.7 Å². The molecule has 1 nitrogen and oxygen atoms in total. The molecular formula is C12H19N. The fraction of sp³-hybridized carbons (Fsp3) is 0.667. The second kappa shape index (κ2) is 5.09. The minimum atomic E-state index is 0.0606. The van der Waals surface area contributed by atoms with Crippen LogP contribution in [-0.2, 0) is 0 Å². The second-order valence-electron chi connectivity index (χ2n) is 4.04. The largest absolute Gasteiger partial charge is 0.317 e. The minimum Gasteiger partial charge on any atom is -0.317 e. The van der Waals surface area contributed by atoms with Gasteiger partial charge in [0.25, 0.3) is 0 Å². The van der Waals surface area contributed by atoms with E-state index < -0.39 is 0 Å². The minimum absolute atomic E-state index is 0.0606. The van der Waals surface area contributed by atoms with Gasteiger partial charge in [-0.1, -0.05) is 38.2 Å². The molecule has 1 aliphatic carbocycles. The van der Waals surface area contributed by atoms with Crippen LogP contribution in [0, 0.1) is 23.7 Å². The van der Waals surface area contributed by atoms with Gasteiger partial charge in [-0.15, -0.1) is 0 Å². The van der Waals surface area contributed by atoms with Gasteiger partial charge in [0.1, 0.15) is 0 Å². The predicted octanol–water partition coefficient (Wildman–Crippen LogP) is 2.33. The van der Waals surface area contributed by atoms with Crippen molar-refractivity contribution >= 4 is 0 Å². The van der Waals surface area contributed by atoms with E-state index in [0.717, 1.165) is 5.92 Å². The fourth-order valence-corrected chi connectivity index (χ4v) is 1.92. The van der Waals surface area contributed by atoms with Crippen LogP contribution in [0.2, 0.25) is 0 Å². The Morgan fingerprint density at radius 1 is 1.38 bits per heavy atom. The second-order valence-corrected chi connectivity index (χ2v) is 4.04. The lowest BCUT2D eigenvalue weighted by Crippen LogP contribution is -2.31. The first-order chi connectivity index (χ1) is 6.24. The van der Waals surface area contributed by atoms with Crippen molar-refractivity contribution in [3.05, 3.63) is 12.7 Å². The van der Waals surface area contributed by atoms with Crippen molar-refractivity contribution in [3.8, 4) is 11.8 Å². The zero-order valence-electron chi connectivity index (χ0n) is 8.42. The Labute approximate surface area is 81.4 Å². The van der Waals surface area contributed by atoms with Crippen LogP contribution in [0.5, 0.6) is 0 Å². The smallest absolute Gasteiger partial charge is 0.0696 e. The molecule has 13 heavy (non-hydrogen) atoms. The molecule has 72 valence electrons. The number of allylic oxidation sites excluding steroid dienone is 1. The molecule has 1 atom stereocenters. The molecule has 1 heteroatoms. The summed E-state index contributed by atoms with van der Waals surface area (Å²) in [7, 11) is 0. The van der Waals surface area contributed by atoms with E-state index in [4.69, 9.17) is 5.73 Å². The van der Waals surface area contributed by atoms with E-state index in [0.29, 0.717) is 5.92 Å². The van der Waals surface area contributed by atoms with Crippen molar-refractivity contribution in [2.24, 2.45) is 17.6 Å². The Balaban J connectivity index is 2.39. The van der Waals surface area contributed by atoms with Gasteiger partial charge in [0.15, 0.2) is 0 Å². The Kier molecular flexibility index (Phi) is 4.05. The van der Waals surface area contributed by atoms with Crippen molar-refractivity contribution in [2.75, 3.05) is 0 Å². The monoisotopic (exact) mass is 177 g/mol. The van der Waals surface area contributed by atoms with Crippen LogP contribution in [-0.4, -0.2) is 6.04 Å². The molecular weight excluding hydrogens is 158 g/mol. The topological polar surface area (TPSA) is 26.0 Å². The fourth-order valence-electron chi connectivity index (χ4n) is 1.92. The Morgan fingerprint density at radius 2 is 2.00 bits per heavy atom. The molecule has 0 aliphatic heterocycles. The summed E-state index contributed by atoms with van der Waals surface area (Å²) in [6, 6.07) is 0.0606. The van der Waals surface area contributed by atoms with Crippen molar-refractivity contribution in [2.45, 2.75) is 38.6 Å². The molecule has 2 N–H and O–H groups in total. The predicted molar refractivity (Wildman–Crippen MR) is 57.1 cm³/mol. The molecule has 0 bridgehead atoms. The van der Waals surface area contributed by atoms with Gasteiger partial charge in [0.2, 0.25) is 0 Å². The maximum absolute atomic E-state index is 5.96. The van der Waals surface area contributed by atoms with E-state index >= 15 is 0 Å². The third-order valence-electron chi connectivity index (χ3n) is 2.92. The first-order valence-corrected chi connectivity index (χ1v) is 5.11. The highest BCUT2D eigenvalue weighted by molar-refractivity contribution is 5.17. The van der Waals surface area contributed by atoms with Gasteiger partial charge in [-0.2, -0.15) is 0 Å². The standard InChI is InChI=1S/C12H19N/c1-3-4-5-12(13)11-8-6-10(2)7-9-11/h3,10-12H,1,6-9,13H2,2H3/t10-,11-,12-/m1/s1. The van der Waals surface area contributed by atoms with E-state index in [2.05, 4.69) is 25.3 Å². The Morgan fingerprint density at radius 3 is 2.54 bits per heavy atom. The average Bonchev–Trinajstić information content (AvgIpc) is 2.15. The Bertz CT molecular complexity index is 213. The van der Waals surface area contributed by atoms with Gasteiger partial charge in [0, 0.05) is 0 Å². The molecule has 0 radical (unpaired) electrons. The number of hydrogen-bond acceptors (Lipinski definition) is 1. The third-order valence-corrected chi connectivity index (χ3v) is 2.92. The van der Waals surface area contributed by atoms with Crippen LogP contribution in [0.25, 0.3) is 0 Å². The highest BCUT2D eigenvalue weighted by atomic mass is 14.6. The highest BCUT2D eigenvalue weighted by Gasteiger charge is 2.22. The van der Waals surface area contributed by atoms with Crippen molar-refractivity contribution < 1.29 is 0 Å². The van der Waals surface area contributed by atoms with Gasteiger partial charge in [0.05, 0.1) is 6.04 Å². The molecule has 0 aromatic carbocycles.